The summed E-state index contributed by atoms with van der Waals surface area (Å²) >= 11 is 0. The predicted octanol–water partition coefficient (Wildman–Crippen LogP) is 0.414. The van der Waals surface area contributed by atoms with E-state index in [1.165, 1.54) is 6.07 Å². The molecule has 0 aliphatic rings. The summed E-state index contributed by atoms with van der Waals surface area (Å²) in [6.07, 6.45) is 0. The number of hydrogen-bond donors (Lipinski definition) is 3. The Morgan fingerprint density at radius 3 is 2.20 bits per heavy atom. The number of nitro benzene ring substituents is 1. The van der Waals surface area contributed by atoms with Gasteiger partial charge in [0.15, 0.2) is 0 Å². The van der Waals surface area contributed by atoms with Crippen LogP contribution in [0, 0.1) is 10.1 Å². The van der Waals surface area contributed by atoms with Gasteiger partial charge in [0.1, 0.15) is 0 Å². The molecule has 8 heteroatoms. The highest BCUT2D eigenvalue weighted by Gasteiger charge is 2.09. The van der Waals surface area contributed by atoms with E-state index in [9.17, 15) is 10.1 Å². The van der Waals surface area contributed by atoms with Gasteiger partial charge in [0.25, 0.3) is 5.69 Å². The first-order chi connectivity index (χ1) is 6.99. The topological polar surface area (TPSA) is 127 Å². The first-order valence-corrected chi connectivity index (χ1v) is 5.13. The van der Waals surface area contributed by atoms with Crippen molar-refractivity contribution in [2.75, 3.05) is 0 Å². The normalized spacial score (nSPS) is 9.33. The average Bonchev–Trinajstić information content (AvgIpc) is 2.16. The maximum atomic E-state index is 10.3. The number of hydrogen-bond acceptors (Lipinski definition) is 4. The predicted molar refractivity (Wildman–Crippen MR) is 54.4 cm³/mol. The second-order valence-electron chi connectivity index (χ2n) is 2.37. The summed E-state index contributed by atoms with van der Waals surface area (Å²) in [5, 5.41) is 10.3. The summed E-state index contributed by atoms with van der Waals surface area (Å²) < 4.78 is 8.74. The van der Waals surface area contributed by atoms with Crippen molar-refractivity contribution < 1.29 is 19.3 Å². The van der Waals surface area contributed by atoms with E-state index >= 15 is 0 Å². The lowest BCUT2D eigenvalue weighted by atomic mass is 10.2. The molecule has 1 rings (SSSR count). The number of benzene rings is 1. The minimum atomic E-state index is -3.13. The lowest BCUT2D eigenvalue weighted by molar-refractivity contribution is -0.385. The van der Waals surface area contributed by atoms with E-state index in [0.717, 1.165) is 0 Å². The van der Waals surface area contributed by atoms with Crippen LogP contribution in [0.4, 0.5) is 5.69 Å². The molecule has 0 bridgehead atoms. The molecule has 15 heavy (non-hydrogen) atoms. The molecular weight excluding hydrogens is 223 g/mol. The lowest BCUT2D eigenvalue weighted by Crippen LogP contribution is -2.00. The second kappa shape index (κ2) is 7.08. The Morgan fingerprint density at radius 2 is 1.87 bits per heavy atom. The highest BCUT2D eigenvalue weighted by molar-refractivity contribution is 7.30. The summed E-state index contributed by atoms with van der Waals surface area (Å²) in [6.45, 7) is 0.206. The average molecular weight is 234 g/mol. The monoisotopic (exact) mass is 234 g/mol. The molecule has 0 radical (unpaired) electrons. The molecule has 1 aromatic carbocycles. The Morgan fingerprint density at radius 1 is 1.40 bits per heavy atom. The van der Waals surface area contributed by atoms with Crippen LogP contribution in [-0.2, 0) is 11.1 Å². The van der Waals surface area contributed by atoms with Crippen LogP contribution in [0.2, 0.25) is 0 Å². The van der Waals surface area contributed by atoms with Gasteiger partial charge in [-0.15, -0.1) is 0 Å². The Hall–Kier alpha value is -1.27. The molecule has 0 saturated heterocycles. The fourth-order valence-corrected chi connectivity index (χ4v) is 0.862. The molecule has 0 aromatic heterocycles. The van der Waals surface area contributed by atoms with Gasteiger partial charge in [-0.3, -0.25) is 14.7 Å². The first kappa shape index (κ1) is 13.7. The highest BCUT2D eigenvalue weighted by atomic mass is 31.1. The summed E-state index contributed by atoms with van der Waals surface area (Å²) in [4.78, 5) is 24.2. The zero-order chi connectivity index (χ0) is 11.8. The van der Waals surface area contributed by atoms with Crippen LogP contribution < -0.4 is 5.73 Å². The van der Waals surface area contributed by atoms with Crippen LogP contribution in [0.1, 0.15) is 5.56 Å². The van der Waals surface area contributed by atoms with Gasteiger partial charge in [-0.2, -0.15) is 0 Å². The van der Waals surface area contributed by atoms with Crippen LogP contribution in [0.15, 0.2) is 24.3 Å². The van der Waals surface area contributed by atoms with Crippen molar-refractivity contribution in [1.82, 2.24) is 0 Å². The third-order valence-corrected chi connectivity index (χ3v) is 1.41. The molecule has 0 aliphatic heterocycles. The van der Waals surface area contributed by atoms with E-state index in [-0.39, 0.29) is 12.2 Å². The van der Waals surface area contributed by atoms with Crippen LogP contribution in [0.5, 0.6) is 0 Å². The van der Waals surface area contributed by atoms with Crippen molar-refractivity contribution in [3.05, 3.63) is 39.9 Å². The van der Waals surface area contributed by atoms with E-state index in [2.05, 4.69) is 0 Å². The smallest absolute Gasteiger partial charge is 0.314 e. The molecule has 4 N–H and O–H groups in total. The van der Waals surface area contributed by atoms with Gasteiger partial charge in [0.05, 0.1) is 4.92 Å². The number of nitrogens with zero attached hydrogens (tertiary/aromatic N) is 1. The zero-order valence-corrected chi connectivity index (χ0v) is 8.66. The summed E-state index contributed by atoms with van der Waals surface area (Å²) in [7, 11) is -3.13. The van der Waals surface area contributed by atoms with Gasteiger partial charge in [-0.05, 0) is 0 Å². The Kier molecular flexibility index (Phi) is 6.48. The Labute approximate surface area is 86.3 Å². The molecule has 0 unspecified atom stereocenters. The Bertz CT molecular complexity index is 353. The minimum absolute atomic E-state index is 0.0926. The third-order valence-electron chi connectivity index (χ3n) is 1.41. The molecule has 84 valence electrons. The molecule has 0 heterocycles. The van der Waals surface area contributed by atoms with Gasteiger partial charge in [0, 0.05) is 18.2 Å². The standard InChI is InChI=1S/C7H8N2O2.H3O3P/c8-5-6-3-1-2-4-7(6)9(10)11;1-4(2)3/h1-4H,5,8H2;4H,(H2,1,2,3). The minimum Gasteiger partial charge on any atom is -0.326 e. The molecule has 0 fully saturated rings. The highest BCUT2D eigenvalue weighted by Crippen LogP contribution is 2.15. The van der Waals surface area contributed by atoms with Gasteiger partial charge in [-0.25, -0.2) is 0 Å². The molecule has 0 saturated carbocycles. The molecule has 7 nitrogen and oxygen atoms in total. The van der Waals surface area contributed by atoms with Crippen molar-refractivity contribution in [3.8, 4) is 0 Å². The van der Waals surface area contributed by atoms with Gasteiger partial charge in [0.2, 0.25) is 0 Å². The molecule has 0 atom stereocenters. The number of para-hydroxylation sites is 1. The van der Waals surface area contributed by atoms with E-state index in [4.69, 9.17) is 20.1 Å². The van der Waals surface area contributed by atoms with Gasteiger partial charge >= 0.3 is 8.25 Å². The molecule has 1 aromatic rings. The van der Waals surface area contributed by atoms with Crippen molar-refractivity contribution in [3.63, 3.8) is 0 Å². The van der Waals surface area contributed by atoms with E-state index in [1.807, 2.05) is 0 Å². The summed E-state index contributed by atoms with van der Waals surface area (Å²) in [5.41, 5.74) is 5.94. The van der Waals surface area contributed by atoms with Crippen LogP contribution in [0.25, 0.3) is 0 Å². The van der Waals surface area contributed by atoms with Gasteiger partial charge < -0.3 is 15.5 Å². The van der Waals surface area contributed by atoms with E-state index in [0.29, 0.717) is 5.56 Å². The second-order valence-corrected chi connectivity index (χ2v) is 2.94. The fraction of sp³-hybridized carbons (Fsp3) is 0.143. The Balaban J connectivity index is 0.000000423. The maximum Gasteiger partial charge on any atom is 0.314 e. The summed E-state index contributed by atoms with van der Waals surface area (Å²) in [5.74, 6) is 0. The number of nitrogens with two attached hydrogens (primary N) is 1. The summed E-state index contributed by atoms with van der Waals surface area (Å²) in [6, 6.07) is 6.45. The third kappa shape index (κ3) is 5.92. The van der Waals surface area contributed by atoms with Crippen molar-refractivity contribution in [2.24, 2.45) is 5.73 Å². The van der Waals surface area contributed by atoms with Gasteiger partial charge in [-0.1, -0.05) is 18.2 Å². The molecule has 0 spiro atoms. The molecular formula is C7H11N2O5P. The van der Waals surface area contributed by atoms with Crippen molar-refractivity contribution >= 4 is 13.9 Å². The lowest BCUT2D eigenvalue weighted by Gasteiger charge is -1.96. The van der Waals surface area contributed by atoms with E-state index in [1.54, 1.807) is 18.2 Å². The van der Waals surface area contributed by atoms with Crippen LogP contribution in [0.3, 0.4) is 0 Å². The van der Waals surface area contributed by atoms with Crippen molar-refractivity contribution in [1.29, 1.82) is 0 Å². The molecule has 0 aliphatic carbocycles. The SMILES string of the molecule is NCc1ccccc1[N+](=O)[O-].O=[PH](O)O. The quantitative estimate of drug-likeness (QED) is 0.386. The number of rotatable bonds is 2. The maximum absolute atomic E-state index is 10.3. The first-order valence-electron chi connectivity index (χ1n) is 3.83. The largest absolute Gasteiger partial charge is 0.326 e. The number of nitro groups is 1. The van der Waals surface area contributed by atoms with Crippen LogP contribution >= 0.6 is 8.25 Å². The van der Waals surface area contributed by atoms with Crippen LogP contribution in [-0.4, -0.2) is 14.7 Å². The fourth-order valence-electron chi connectivity index (χ4n) is 0.862. The van der Waals surface area contributed by atoms with Crippen molar-refractivity contribution in [2.45, 2.75) is 6.54 Å². The van der Waals surface area contributed by atoms with E-state index < -0.39 is 13.2 Å². The zero-order valence-electron chi connectivity index (χ0n) is 7.66. The molecule has 0 amide bonds.